The van der Waals surface area contributed by atoms with E-state index in [9.17, 15) is 9.59 Å². The van der Waals surface area contributed by atoms with Gasteiger partial charge in [-0.15, -0.1) is 11.8 Å². The maximum Gasteiger partial charge on any atom is 0.236 e. The third-order valence-electron chi connectivity index (χ3n) is 4.74. The van der Waals surface area contributed by atoms with Crippen molar-refractivity contribution in [1.29, 1.82) is 0 Å². The number of nitrogens with zero attached hydrogens (tertiary/aromatic N) is 1. The fourth-order valence-corrected chi connectivity index (χ4v) is 4.05. The lowest BCUT2D eigenvalue weighted by molar-refractivity contribution is -0.127. The van der Waals surface area contributed by atoms with Crippen LogP contribution < -0.4 is 15.0 Å². The summed E-state index contributed by atoms with van der Waals surface area (Å²) in [7, 11) is 0. The average Bonchev–Trinajstić information content (AvgIpc) is 2.79. The summed E-state index contributed by atoms with van der Waals surface area (Å²) in [6, 6.07) is 15.5. The number of carbonyl (C=O) groups excluding carboxylic acids is 2. The molecule has 0 saturated carbocycles. The summed E-state index contributed by atoms with van der Waals surface area (Å²) in [5.74, 6) is 1.37. The quantitative estimate of drug-likeness (QED) is 0.653. The molecule has 3 rings (SSSR count). The Morgan fingerprint density at radius 1 is 1.21 bits per heavy atom. The molecule has 0 bridgehead atoms. The zero-order valence-corrected chi connectivity index (χ0v) is 18.1. The van der Waals surface area contributed by atoms with E-state index in [4.69, 9.17) is 4.74 Å². The summed E-state index contributed by atoms with van der Waals surface area (Å²) in [5.41, 5.74) is 0.855. The van der Waals surface area contributed by atoms with Gasteiger partial charge in [0, 0.05) is 35.4 Å². The highest BCUT2D eigenvalue weighted by Gasteiger charge is 2.37. The topological polar surface area (TPSA) is 58.6 Å². The predicted molar refractivity (Wildman–Crippen MR) is 119 cm³/mol. The summed E-state index contributed by atoms with van der Waals surface area (Å²) in [4.78, 5) is 28.2. The fourth-order valence-electron chi connectivity index (χ4n) is 3.17. The molecule has 0 spiro atoms. The molecule has 1 N–H and O–H groups in total. The third-order valence-corrected chi connectivity index (χ3v) is 5.75. The first kappa shape index (κ1) is 21.2. The summed E-state index contributed by atoms with van der Waals surface area (Å²) in [6.45, 7) is 6.80. The predicted octanol–water partition coefficient (Wildman–Crippen LogP) is 4.97. The van der Waals surface area contributed by atoms with Crippen LogP contribution in [0.1, 0.15) is 33.6 Å². The molecule has 0 saturated heterocycles. The number of hydrogen-bond acceptors (Lipinski definition) is 4. The monoisotopic (exact) mass is 412 g/mol. The first-order valence-electron chi connectivity index (χ1n) is 9.97. The number of nitrogens with one attached hydrogen (secondary N) is 1. The molecule has 0 fully saturated rings. The SMILES string of the molecule is CCCN1C(=O)C(C)(C)COc2cc(NC(=O)CCSc3ccccc3)ccc21. The maximum absolute atomic E-state index is 12.9. The van der Waals surface area contributed by atoms with Crippen molar-refractivity contribution in [2.24, 2.45) is 5.41 Å². The average molecular weight is 413 g/mol. The molecule has 2 aromatic carbocycles. The second kappa shape index (κ2) is 9.35. The van der Waals surface area contributed by atoms with Gasteiger partial charge >= 0.3 is 0 Å². The van der Waals surface area contributed by atoms with E-state index in [1.165, 1.54) is 0 Å². The smallest absolute Gasteiger partial charge is 0.236 e. The Bertz CT molecular complexity index is 868. The van der Waals surface area contributed by atoms with E-state index in [-0.39, 0.29) is 11.8 Å². The Morgan fingerprint density at radius 3 is 2.69 bits per heavy atom. The number of amides is 2. The van der Waals surface area contributed by atoms with E-state index in [0.717, 1.165) is 17.0 Å². The minimum absolute atomic E-state index is 0.0381. The van der Waals surface area contributed by atoms with Crippen LogP contribution in [0.2, 0.25) is 0 Å². The molecule has 1 aliphatic heterocycles. The number of hydrogen-bond donors (Lipinski definition) is 1. The number of carbonyl (C=O) groups is 2. The zero-order chi connectivity index (χ0) is 20.9. The number of rotatable bonds is 7. The molecule has 1 heterocycles. The minimum atomic E-state index is -0.591. The second-order valence-electron chi connectivity index (χ2n) is 7.77. The maximum atomic E-state index is 12.9. The summed E-state index contributed by atoms with van der Waals surface area (Å²) in [5, 5.41) is 2.94. The van der Waals surface area contributed by atoms with Crippen LogP contribution in [0.25, 0.3) is 0 Å². The molecule has 0 unspecified atom stereocenters. The lowest BCUT2D eigenvalue weighted by atomic mass is 9.93. The first-order chi connectivity index (χ1) is 13.9. The van der Waals surface area contributed by atoms with Gasteiger partial charge < -0.3 is 15.0 Å². The molecule has 154 valence electrons. The van der Waals surface area contributed by atoms with Crippen LogP contribution in [0.4, 0.5) is 11.4 Å². The van der Waals surface area contributed by atoms with E-state index in [1.54, 1.807) is 16.7 Å². The highest BCUT2D eigenvalue weighted by molar-refractivity contribution is 7.99. The molecule has 6 heteroatoms. The molecule has 0 atom stereocenters. The van der Waals surface area contributed by atoms with Crippen LogP contribution in [-0.4, -0.2) is 30.7 Å². The van der Waals surface area contributed by atoms with Crippen LogP contribution in [0.5, 0.6) is 5.75 Å². The molecule has 0 aliphatic carbocycles. The van der Waals surface area contributed by atoms with Crippen molar-refractivity contribution in [2.45, 2.75) is 38.5 Å². The van der Waals surface area contributed by atoms with E-state index < -0.39 is 5.41 Å². The summed E-state index contributed by atoms with van der Waals surface area (Å²) in [6.07, 6.45) is 1.28. The second-order valence-corrected chi connectivity index (χ2v) is 8.94. The van der Waals surface area contributed by atoms with Gasteiger partial charge in [-0.1, -0.05) is 25.1 Å². The van der Waals surface area contributed by atoms with Gasteiger partial charge in [0.2, 0.25) is 11.8 Å². The van der Waals surface area contributed by atoms with Crippen molar-refractivity contribution >= 4 is 35.0 Å². The van der Waals surface area contributed by atoms with Gasteiger partial charge in [-0.2, -0.15) is 0 Å². The highest BCUT2D eigenvalue weighted by atomic mass is 32.2. The molecule has 2 amide bonds. The van der Waals surface area contributed by atoms with E-state index in [1.807, 2.05) is 69.3 Å². The molecule has 5 nitrogen and oxygen atoms in total. The molecular formula is C23H28N2O3S. The summed E-state index contributed by atoms with van der Waals surface area (Å²) < 4.78 is 5.95. The third kappa shape index (κ3) is 5.32. The lowest BCUT2D eigenvalue weighted by Crippen LogP contribution is -2.42. The van der Waals surface area contributed by atoms with Gasteiger partial charge in [0.1, 0.15) is 12.4 Å². The van der Waals surface area contributed by atoms with Crippen LogP contribution in [0.3, 0.4) is 0 Å². The number of fused-ring (bicyclic) bond motifs is 1. The van der Waals surface area contributed by atoms with Gasteiger partial charge in [0.25, 0.3) is 0 Å². The highest BCUT2D eigenvalue weighted by Crippen LogP contribution is 2.38. The summed E-state index contributed by atoms with van der Waals surface area (Å²) >= 11 is 1.66. The number of ether oxygens (including phenoxy) is 1. The van der Waals surface area contributed by atoms with E-state index in [2.05, 4.69) is 5.32 Å². The largest absolute Gasteiger partial charge is 0.490 e. The van der Waals surface area contributed by atoms with Crippen molar-refractivity contribution < 1.29 is 14.3 Å². The zero-order valence-electron chi connectivity index (χ0n) is 17.2. The number of anilines is 2. The molecule has 0 radical (unpaired) electrons. The standard InChI is InChI=1S/C23H28N2O3S/c1-4-13-25-19-11-10-17(15-20(19)28-16-23(2,3)22(25)27)24-21(26)12-14-29-18-8-6-5-7-9-18/h5-11,15H,4,12-14,16H2,1-3H3,(H,24,26). The van der Waals surface area contributed by atoms with Crippen molar-refractivity contribution in [3.8, 4) is 5.75 Å². The Hall–Kier alpha value is -2.47. The Kier molecular flexibility index (Phi) is 6.85. The van der Waals surface area contributed by atoms with Gasteiger partial charge in [0.05, 0.1) is 11.1 Å². The van der Waals surface area contributed by atoms with Gasteiger partial charge in [-0.3, -0.25) is 9.59 Å². The Morgan fingerprint density at radius 2 is 1.97 bits per heavy atom. The van der Waals surface area contributed by atoms with Gasteiger partial charge in [-0.05, 0) is 44.5 Å². The lowest BCUT2D eigenvalue weighted by Gasteiger charge is -2.27. The van der Waals surface area contributed by atoms with Crippen molar-refractivity contribution in [1.82, 2.24) is 0 Å². The van der Waals surface area contributed by atoms with Crippen molar-refractivity contribution in [3.63, 3.8) is 0 Å². The van der Waals surface area contributed by atoms with Crippen molar-refractivity contribution in [2.75, 3.05) is 29.1 Å². The van der Waals surface area contributed by atoms with Crippen LogP contribution in [-0.2, 0) is 9.59 Å². The van der Waals surface area contributed by atoms with Crippen LogP contribution >= 0.6 is 11.8 Å². The number of thioether (sulfide) groups is 1. The number of benzene rings is 2. The Balaban J connectivity index is 1.66. The molecule has 2 aromatic rings. The van der Waals surface area contributed by atoms with Gasteiger partial charge in [0.15, 0.2) is 0 Å². The van der Waals surface area contributed by atoms with E-state index >= 15 is 0 Å². The minimum Gasteiger partial charge on any atom is -0.490 e. The molecule has 0 aromatic heterocycles. The van der Waals surface area contributed by atoms with Crippen LogP contribution in [0.15, 0.2) is 53.4 Å². The Labute approximate surface area is 176 Å². The first-order valence-corrected chi connectivity index (χ1v) is 11.0. The fraction of sp³-hybridized carbons (Fsp3) is 0.391. The van der Waals surface area contributed by atoms with E-state index in [0.29, 0.717) is 36.8 Å². The molecule has 1 aliphatic rings. The normalized spacial score (nSPS) is 15.3. The molecule has 29 heavy (non-hydrogen) atoms. The molecular weight excluding hydrogens is 384 g/mol. The van der Waals surface area contributed by atoms with Crippen LogP contribution in [0, 0.1) is 5.41 Å². The van der Waals surface area contributed by atoms with Gasteiger partial charge in [-0.25, -0.2) is 0 Å². The van der Waals surface area contributed by atoms with Crippen molar-refractivity contribution in [3.05, 3.63) is 48.5 Å².